The first kappa shape index (κ1) is 28.2. The summed E-state index contributed by atoms with van der Waals surface area (Å²) in [6.45, 7) is 4.30. The molecule has 4 heteroatoms. The Balaban J connectivity index is 1.40. The van der Waals surface area contributed by atoms with Gasteiger partial charge in [0.25, 0.3) is 0 Å². The molecule has 0 unspecified atom stereocenters. The van der Waals surface area contributed by atoms with Crippen LogP contribution in [0.1, 0.15) is 16.7 Å². The molecule has 0 N–H and O–H groups in total. The molecule has 0 radical (unpaired) electrons. The minimum absolute atomic E-state index is 0.573. The molecule has 0 saturated carbocycles. The van der Waals surface area contributed by atoms with Crippen molar-refractivity contribution in [3.8, 4) is 56.8 Å². The van der Waals surface area contributed by atoms with Crippen molar-refractivity contribution in [1.29, 1.82) is 5.26 Å². The zero-order valence-electron chi connectivity index (χ0n) is 26.1. The molecular formula is C43H30N4. The Morgan fingerprint density at radius 3 is 1.85 bits per heavy atom. The normalized spacial score (nSPS) is 11.2. The Morgan fingerprint density at radius 1 is 0.532 bits per heavy atom. The summed E-state index contributed by atoms with van der Waals surface area (Å²) in [7, 11) is 0. The van der Waals surface area contributed by atoms with Crippen molar-refractivity contribution in [2.45, 2.75) is 13.8 Å². The first-order chi connectivity index (χ1) is 23.1. The van der Waals surface area contributed by atoms with Crippen LogP contribution < -0.4 is 0 Å². The van der Waals surface area contributed by atoms with Crippen LogP contribution in [-0.2, 0) is 0 Å². The number of para-hydroxylation sites is 1. The van der Waals surface area contributed by atoms with Gasteiger partial charge in [0.1, 0.15) is 0 Å². The van der Waals surface area contributed by atoms with Gasteiger partial charge in [-0.15, -0.1) is 0 Å². The number of fused-ring (bicyclic) bond motifs is 3. The molecule has 8 rings (SSSR count). The van der Waals surface area contributed by atoms with Crippen molar-refractivity contribution in [3.63, 3.8) is 0 Å². The number of benzene rings is 6. The fraction of sp³-hybridized carbons (Fsp3) is 0.0465. The SMILES string of the molecule is Cc1ccc(-c2ccc3c(c2)c2ccccc2n3-c2cc(C#N)ccc2-c2nc(-c3ccccc3)cc(-c3ccccc3)n2)c(C)c1. The van der Waals surface area contributed by atoms with Crippen LogP contribution in [0.25, 0.3) is 72.5 Å². The summed E-state index contributed by atoms with van der Waals surface area (Å²) in [6.07, 6.45) is 0. The van der Waals surface area contributed by atoms with E-state index in [1.807, 2.05) is 60.7 Å². The highest BCUT2D eigenvalue weighted by molar-refractivity contribution is 6.11. The minimum atomic E-state index is 0.573. The highest BCUT2D eigenvalue weighted by atomic mass is 15.0. The lowest BCUT2D eigenvalue weighted by Gasteiger charge is -2.16. The third kappa shape index (κ3) is 5.05. The molecule has 0 aliphatic heterocycles. The third-order valence-corrected chi connectivity index (χ3v) is 8.84. The second-order valence-corrected chi connectivity index (χ2v) is 11.9. The molecular weight excluding hydrogens is 573 g/mol. The molecule has 4 nitrogen and oxygen atoms in total. The fourth-order valence-electron chi connectivity index (χ4n) is 6.59. The van der Waals surface area contributed by atoms with Crippen LogP contribution in [0.3, 0.4) is 0 Å². The Kier molecular flexibility index (Phi) is 6.93. The van der Waals surface area contributed by atoms with Crippen LogP contribution in [-0.4, -0.2) is 14.5 Å². The standard InChI is InChI=1S/C43H30N4/c1-28-17-20-34(29(2)23-28)33-19-22-41-37(25-33)35-15-9-10-16-40(35)47(41)42-24-30(27-44)18-21-36(42)43-45-38(31-11-5-3-6-12-31)26-39(46-43)32-13-7-4-8-14-32/h3-26H,1-2H3. The van der Waals surface area contributed by atoms with E-state index in [1.54, 1.807) is 0 Å². The zero-order valence-corrected chi connectivity index (χ0v) is 26.1. The van der Waals surface area contributed by atoms with E-state index in [4.69, 9.17) is 9.97 Å². The van der Waals surface area contributed by atoms with Crippen molar-refractivity contribution >= 4 is 21.8 Å². The first-order valence-corrected chi connectivity index (χ1v) is 15.7. The van der Waals surface area contributed by atoms with Crippen molar-refractivity contribution in [2.75, 3.05) is 0 Å². The second kappa shape index (κ2) is 11.6. The minimum Gasteiger partial charge on any atom is -0.308 e. The molecule has 0 amide bonds. The van der Waals surface area contributed by atoms with Crippen molar-refractivity contribution in [3.05, 3.63) is 162 Å². The van der Waals surface area contributed by atoms with E-state index in [2.05, 4.69) is 109 Å². The number of rotatable bonds is 5. The van der Waals surface area contributed by atoms with Gasteiger partial charge in [0, 0.05) is 27.5 Å². The van der Waals surface area contributed by atoms with Gasteiger partial charge >= 0.3 is 0 Å². The molecule has 0 spiro atoms. The summed E-state index contributed by atoms with van der Waals surface area (Å²) in [5.41, 5.74) is 13.0. The lowest BCUT2D eigenvalue weighted by Crippen LogP contribution is -2.02. The third-order valence-electron chi connectivity index (χ3n) is 8.84. The maximum atomic E-state index is 10.1. The summed E-state index contributed by atoms with van der Waals surface area (Å²) in [4.78, 5) is 10.3. The van der Waals surface area contributed by atoms with Gasteiger partial charge in [-0.1, -0.05) is 109 Å². The zero-order chi connectivity index (χ0) is 31.9. The van der Waals surface area contributed by atoms with Crippen LogP contribution in [0.15, 0.2) is 146 Å². The average molecular weight is 603 g/mol. The van der Waals surface area contributed by atoms with Gasteiger partial charge in [-0.05, 0) is 73.0 Å². The largest absolute Gasteiger partial charge is 0.308 e. The van der Waals surface area contributed by atoms with Crippen LogP contribution >= 0.6 is 0 Å². The van der Waals surface area contributed by atoms with Crippen LogP contribution in [0.4, 0.5) is 0 Å². The fourth-order valence-corrected chi connectivity index (χ4v) is 6.59. The van der Waals surface area contributed by atoms with Crippen molar-refractivity contribution < 1.29 is 0 Å². The molecule has 2 heterocycles. The first-order valence-electron chi connectivity index (χ1n) is 15.7. The molecule has 0 bridgehead atoms. The Hall–Kier alpha value is -6.31. The van der Waals surface area contributed by atoms with Gasteiger partial charge < -0.3 is 4.57 Å². The van der Waals surface area contributed by atoms with E-state index < -0.39 is 0 Å². The van der Waals surface area contributed by atoms with Gasteiger partial charge in [0.05, 0.1) is 39.7 Å². The maximum absolute atomic E-state index is 10.1. The Morgan fingerprint density at radius 2 is 1.17 bits per heavy atom. The molecule has 0 aliphatic carbocycles. The molecule has 0 aliphatic rings. The highest BCUT2D eigenvalue weighted by Crippen LogP contribution is 2.39. The quantitative estimate of drug-likeness (QED) is 0.197. The molecule has 6 aromatic carbocycles. The van der Waals surface area contributed by atoms with Gasteiger partial charge in [-0.3, -0.25) is 0 Å². The maximum Gasteiger partial charge on any atom is 0.162 e. The Bertz CT molecular complexity index is 2430. The van der Waals surface area contributed by atoms with Crippen LogP contribution in [0, 0.1) is 25.2 Å². The predicted octanol–water partition coefficient (Wildman–Crippen LogP) is 10.7. The molecule has 222 valence electrons. The summed E-state index contributed by atoms with van der Waals surface area (Å²) < 4.78 is 2.26. The van der Waals surface area contributed by atoms with Crippen LogP contribution in [0.2, 0.25) is 0 Å². The van der Waals surface area contributed by atoms with Gasteiger partial charge in [-0.2, -0.15) is 5.26 Å². The molecule has 0 atom stereocenters. The lowest BCUT2D eigenvalue weighted by molar-refractivity contribution is 1.14. The van der Waals surface area contributed by atoms with Gasteiger partial charge in [-0.25, -0.2) is 9.97 Å². The average Bonchev–Trinajstić information content (AvgIpc) is 3.45. The number of nitriles is 1. The number of aryl methyl sites for hydroxylation is 2. The molecule has 8 aromatic rings. The summed E-state index contributed by atoms with van der Waals surface area (Å²) in [5, 5.41) is 12.3. The predicted molar refractivity (Wildman–Crippen MR) is 192 cm³/mol. The smallest absolute Gasteiger partial charge is 0.162 e. The monoisotopic (exact) mass is 602 g/mol. The topological polar surface area (TPSA) is 54.5 Å². The number of nitrogens with zero attached hydrogens (tertiary/aromatic N) is 4. The molecule has 0 saturated heterocycles. The van der Waals surface area contributed by atoms with E-state index in [9.17, 15) is 5.26 Å². The van der Waals surface area contributed by atoms with Crippen LogP contribution in [0.5, 0.6) is 0 Å². The van der Waals surface area contributed by atoms with E-state index in [0.717, 1.165) is 55.6 Å². The number of hydrogen-bond acceptors (Lipinski definition) is 3. The number of hydrogen-bond donors (Lipinski definition) is 0. The summed E-state index contributed by atoms with van der Waals surface area (Å²) in [5.74, 6) is 0.600. The van der Waals surface area contributed by atoms with E-state index >= 15 is 0 Å². The molecule has 47 heavy (non-hydrogen) atoms. The van der Waals surface area contributed by atoms with Gasteiger partial charge in [0.15, 0.2) is 5.82 Å². The highest BCUT2D eigenvalue weighted by Gasteiger charge is 2.20. The lowest BCUT2D eigenvalue weighted by atomic mass is 9.97. The van der Waals surface area contributed by atoms with Crippen molar-refractivity contribution in [2.24, 2.45) is 0 Å². The van der Waals surface area contributed by atoms with E-state index in [-0.39, 0.29) is 0 Å². The van der Waals surface area contributed by atoms with E-state index in [1.165, 1.54) is 22.3 Å². The van der Waals surface area contributed by atoms with Gasteiger partial charge in [0.2, 0.25) is 0 Å². The summed E-state index contributed by atoms with van der Waals surface area (Å²) >= 11 is 0. The molecule has 0 fully saturated rings. The van der Waals surface area contributed by atoms with E-state index in [0.29, 0.717) is 11.4 Å². The summed E-state index contributed by atoms with van der Waals surface area (Å²) in [6, 6.07) is 52.4. The number of aromatic nitrogens is 3. The Labute approximate surface area is 273 Å². The van der Waals surface area contributed by atoms with Crippen molar-refractivity contribution in [1.82, 2.24) is 14.5 Å². The molecule has 2 aromatic heterocycles. The second-order valence-electron chi connectivity index (χ2n) is 11.9.